The summed E-state index contributed by atoms with van der Waals surface area (Å²) in [6, 6.07) is 0.0554. The molecular formula is C12H11F3N2O2. The van der Waals surface area contributed by atoms with E-state index < -0.39 is 29.4 Å². The van der Waals surface area contributed by atoms with E-state index in [1.54, 1.807) is 6.92 Å². The molecule has 2 amide bonds. The molecule has 0 bridgehead atoms. The highest BCUT2D eigenvalue weighted by Crippen LogP contribution is 2.22. The van der Waals surface area contributed by atoms with Gasteiger partial charge in [-0.25, -0.2) is 13.2 Å². The Morgan fingerprint density at radius 3 is 2.42 bits per heavy atom. The van der Waals surface area contributed by atoms with Crippen molar-refractivity contribution in [3.8, 4) is 0 Å². The van der Waals surface area contributed by atoms with E-state index in [2.05, 4.69) is 5.32 Å². The van der Waals surface area contributed by atoms with Crippen LogP contribution in [0.2, 0.25) is 0 Å². The van der Waals surface area contributed by atoms with Gasteiger partial charge in [0.25, 0.3) is 5.91 Å². The summed E-state index contributed by atoms with van der Waals surface area (Å²) in [4.78, 5) is 24.2. The van der Waals surface area contributed by atoms with Crippen LogP contribution >= 0.6 is 0 Å². The molecule has 4 nitrogen and oxygen atoms in total. The average Bonchev–Trinajstić information content (AvgIpc) is 2.61. The van der Waals surface area contributed by atoms with E-state index in [0.29, 0.717) is 12.1 Å². The van der Waals surface area contributed by atoms with Gasteiger partial charge in [-0.05, 0) is 6.92 Å². The van der Waals surface area contributed by atoms with Crippen LogP contribution in [0.25, 0.3) is 0 Å². The molecule has 2 rings (SSSR count). The quantitative estimate of drug-likeness (QED) is 0.672. The zero-order valence-electron chi connectivity index (χ0n) is 10.0. The molecule has 102 valence electrons. The summed E-state index contributed by atoms with van der Waals surface area (Å²) in [6.45, 7) is 1.85. The number of anilines is 1. The van der Waals surface area contributed by atoms with Gasteiger partial charge in [0.1, 0.15) is 11.9 Å². The van der Waals surface area contributed by atoms with Crippen molar-refractivity contribution in [2.45, 2.75) is 19.4 Å². The predicted molar refractivity (Wildman–Crippen MR) is 60.7 cm³/mol. The van der Waals surface area contributed by atoms with Crippen molar-refractivity contribution >= 4 is 17.5 Å². The van der Waals surface area contributed by atoms with Crippen molar-refractivity contribution in [2.75, 3.05) is 11.9 Å². The minimum Gasteiger partial charge on any atom is -0.371 e. The van der Waals surface area contributed by atoms with Gasteiger partial charge in [0, 0.05) is 18.7 Å². The third-order valence-corrected chi connectivity index (χ3v) is 2.90. The van der Waals surface area contributed by atoms with Crippen molar-refractivity contribution < 1.29 is 22.8 Å². The Hall–Kier alpha value is -2.05. The Morgan fingerprint density at radius 2 is 1.84 bits per heavy atom. The molecule has 1 atom stereocenters. The Labute approximate surface area is 107 Å². The van der Waals surface area contributed by atoms with Crippen LogP contribution in [-0.4, -0.2) is 29.3 Å². The highest BCUT2D eigenvalue weighted by atomic mass is 19.2. The number of carbonyl (C=O) groups excluding carboxylic acids is 2. The first kappa shape index (κ1) is 13.4. The van der Waals surface area contributed by atoms with E-state index in [-0.39, 0.29) is 24.6 Å². The highest BCUT2D eigenvalue weighted by molar-refractivity contribution is 6.06. The Kier molecular flexibility index (Phi) is 3.46. The van der Waals surface area contributed by atoms with E-state index >= 15 is 0 Å². The number of hydrogen-bond donors (Lipinski definition) is 1. The normalized spacial score (nSPS) is 19.2. The van der Waals surface area contributed by atoms with E-state index in [0.717, 1.165) is 4.90 Å². The van der Waals surface area contributed by atoms with Crippen LogP contribution in [0.15, 0.2) is 12.1 Å². The number of rotatable bonds is 3. The van der Waals surface area contributed by atoms with Crippen LogP contribution in [-0.2, 0) is 9.59 Å². The van der Waals surface area contributed by atoms with Crippen molar-refractivity contribution in [2.24, 2.45) is 0 Å². The summed E-state index contributed by atoms with van der Waals surface area (Å²) in [5.41, 5.74) is -0.344. The molecule has 0 saturated carbocycles. The van der Waals surface area contributed by atoms with Crippen LogP contribution < -0.4 is 5.32 Å². The summed E-state index contributed by atoms with van der Waals surface area (Å²) < 4.78 is 39.2. The van der Waals surface area contributed by atoms with E-state index in [1.807, 2.05) is 0 Å². The standard InChI is InChI=1S/C12H11F3N2O2/c1-2-17-11(18)5-10(12(17)19)16-9-4-7(14)6(13)3-8(9)15/h3-4,10,16H,2,5H2,1H3. The lowest BCUT2D eigenvalue weighted by molar-refractivity contribution is -0.138. The molecule has 1 aromatic rings. The largest absolute Gasteiger partial charge is 0.371 e. The van der Waals surface area contributed by atoms with Crippen LogP contribution in [0, 0.1) is 17.5 Å². The topological polar surface area (TPSA) is 49.4 Å². The zero-order valence-corrected chi connectivity index (χ0v) is 10.0. The van der Waals surface area contributed by atoms with Gasteiger partial charge in [-0.1, -0.05) is 0 Å². The lowest BCUT2D eigenvalue weighted by Gasteiger charge is -2.14. The van der Waals surface area contributed by atoms with Gasteiger partial charge in [0.05, 0.1) is 12.1 Å². The molecule has 7 heteroatoms. The van der Waals surface area contributed by atoms with Crippen LogP contribution in [0.3, 0.4) is 0 Å². The van der Waals surface area contributed by atoms with Gasteiger partial charge in [-0.3, -0.25) is 14.5 Å². The Morgan fingerprint density at radius 1 is 1.21 bits per heavy atom. The van der Waals surface area contributed by atoms with Gasteiger partial charge in [-0.2, -0.15) is 0 Å². The fraction of sp³-hybridized carbons (Fsp3) is 0.333. The molecule has 1 heterocycles. The molecule has 0 radical (unpaired) electrons. The van der Waals surface area contributed by atoms with Crippen LogP contribution in [0.1, 0.15) is 13.3 Å². The van der Waals surface area contributed by atoms with E-state index in [9.17, 15) is 22.8 Å². The van der Waals surface area contributed by atoms with Crippen molar-refractivity contribution in [3.63, 3.8) is 0 Å². The third-order valence-electron chi connectivity index (χ3n) is 2.90. The molecule has 1 unspecified atom stereocenters. The molecular weight excluding hydrogens is 261 g/mol. The van der Waals surface area contributed by atoms with Crippen molar-refractivity contribution in [3.05, 3.63) is 29.6 Å². The Balaban J connectivity index is 2.21. The van der Waals surface area contributed by atoms with Gasteiger partial charge in [-0.15, -0.1) is 0 Å². The van der Waals surface area contributed by atoms with E-state index in [4.69, 9.17) is 0 Å². The fourth-order valence-electron chi connectivity index (χ4n) is 1.95. The molecule has 1 aromatic carbocycles. The predicted octanol–water partition coefficient (Wildman–Crippen LogP) is 1.66. The lowest BCUT2D eigenvalue weighted by atomic mass is 10.2. The number of nitrogens with one attached hydrogen (secondary N) is 1. The molecule has 0 aliphatic carbocycles. The van der Waals surface area contributed by atoms with Gasteiger partial charge >= 0.3 is 0 Å². The first-order chi connectivity index (χ1) is 8.93. The molecule has 0 spiro atoms. The van der Waals surface area contributed by atoms with Gasteiger partial charge < -0.3 is 5.32 Å². The summed E-state index contributed by atoms with van der Waals surface area (Å²) in [5.74, 6) is -4.45. The number of carbonyl (C=O) groups is 2. The number of nitrogens with zero attached hydrogens (tertiary/aromatic N) is 1. The van der Waals surface area contributed by atoms with Crippen LogP contribution in [0.5, 0.6) is 0 Å². The number of hydrogen-bond acceptors (Lipinski definition) is 3. The lowest BCUT2D eigenvalue weighted by Crippen LogP contribution is -2.34. The maximum absolute atomic E-state index is 13.4. The maximum atomic E-state index is 13.4. The molecule has 0 aromatic heterocycles. The first-order valence-electron chi connectivity index (χ1n) is 5.69. The fourth-order valence-corrected chi connectivity index (χ4v) is 1.95. The average molecular weight is 272 g/mol. The number of amides is 2. The number of likely N-dealkylation sites (tertiary alicyclic amines) is 1. The monoisotopic (exact) mass is 272 g/mol. The van der Waals surface area contributed by atoms with Gasteiger partial charge in [0.15, 0.2) is 11.6 Å². The maximum Gasteiger partial charge on any atom is 0.252 e. The van der Waals surface area contributed by atoms with Crippen molar-refractivity contribution in [1.82, 2.24) is 4.90 Å². The number of imide groups is 1. The first-order valence-corrected chi connectivity index (χ1v) is 5.69. The summed E-state index contributed by atoms with van der Waals surface area (Å²) >= 11 is 0. The van der Waals surface area contributed by atoms with E-state index in [1.165, 1.54) is 0 Å². The molecule has 1 aliphatic heterocycles. The highest BCUT2D eigenvalue weighted by Gasteiger charge is 2.37. The second-order valence-corrected chi connectivity index (χ2v) is 4.12. The van der Waals surface area contributed by atoms with Gasteiger partial charge in [0.2, 0.25) is 5.91 Å². The molecule has 1 fully saturated rings. The third kappa shape index (κ3) is 2.40. The number of likely N-dealkylation sites (N-methyl/N-ethyl adjacent to an activating group) is 1. The molecule has 1 saturated heterocycles. The number of halogens is 3. The van der Waals surface area contributed by atoms with Crippen molar-refractivity contribution in [1.29, 1.82) is 0 Å². The molecule has 1 aliphatic rings. The second kappa shape index (κ2) is 4.91. The zero-order chi connectivity index (χ0) is 14.2. The minimum atomic E-state index is -1.31. The minimum absolute atomic E-state index is 0.134. The second-order valence-electron chi connectivity index (χ2n) is 4.12. The summed E-state index contributed by atoms with van der Waals surface area (Å²) in [5, 5.41) is 2.43. The summed E-state index contributed by atoms with van der Waals surface area (Å²) in [6.07, 6.45) is -0.134. The summed E-state index contributed by atoms with van der Waals surface area (Å²) in [7, 11) is 0. The Bertz CT molecular complexity index is 548. The van der Waals surface area contributed by atoms with Crippen LogP contribution in [0.4, 0.5) is 18.9 Å². The number of benzene rings is 1. The SMILES string of the molecule is CCN1C(=O)CC(Nc2cc(F)c(F)cc2F)C1=O. The molecule has 19 heavy (non-hydrogen) atoms. The smallest absolute Gasteiger partial charge is 0.252 e. The molecule has 1 N–H and O–H groups in total.